The smallest absolute Gasteiger partial charge is 0.310 e. The molecule has 148 valence electrons. The van der Waals surface area contributed by atoms with E-state index in [2.05, 4.69) is 37.1 Å². The second kappa shape index (κ2) is 7.50. The maximum atomic E-state index is 11.4. The Morgan fingerprint density at radius 3 is 2.71 bits per heavy atom. The number of amidine groups is 1. The number of piperazine rings is 1. The third-order valence-electron chi connectivity index (χ3n) is 5.19. The van der Waals surface area contributed by atoms with Gasteiger partial charge < -0.3 is 15.3 Å². The fraction of sp³-hybridized carbons (Fsp3) is 0.400. The Morgan fingerprint density at radius 1 is 1.29 bits per heavy atom. The minimum absolute atomic E-state index is 0.558. The van der Waals surface area contributed by atoms with Gasteiger partial charge in [-0.3, -0.25) is 9.69 Å². The molecule has 0 spiro atoms. The number of para-hydroxylation sites is 2. The number of nitrogens with one attached hydrogen (secondary N) is 1. The van der Waals surface area contributed by atoms with E-state index in [1.807, 2.05) is 24.3 Å². The standard InChI is InChI=1S/C20H23BrN4O2S/c1-20(2,19(26)27)12-24-7-9-25(10-8-24)17-13-11-16(21)28-18(13)23-15-6-4-3-5-14(15)22-17/h3-6,11,23H,7-10,12H2,1-2H3,(H,26,27). The number of fused-ring (bicyclic) bond motifs is 2. The van der Waals surface area contributed by atoms with Gasteiger partial charge in [-0.05, 0) is 48.0 Å². The summed E-state index contributed by atoms with van der Waals surface area (Å²) in [7, 11) is 0. The van der Waals surface area contributed by atoms with Crippen LogP contribution < -0.4 is 5.32 Å². The molecule has 4 rings (SSSR count). The minimum atomic E-state index is -0.751. The van der Waals surface area contributed by atoms with E-state index < -0.39 is 11.4 Å². The summed E-state index contributed by atoms with van der Waals surface area (Å²) >= 11 is 5.28. The van der Waals surface area contributed by atoms with E-state index in [0.717, 1.165) is 57.7 Å². The lowest BCUT2D eigenvalue weighted by atomic mass is 9.93. The molecule has 0 saturated carbocycles. The Hall–Kier alpha value is -1.90. The lowest BCUT2D eigenvalue weighted by molar-refractivity contribution is -0.148. The number of rotatable bonds is 3. The number of hydrogen-bond acceptors (Lipinski definition) is 6. The lowest BCUT2D eigenvalue weighted by Crippen LogP contribution is -2.52. The van der Waals surface area contributed by atoms with Gasteiger partial charge in [0.05, 0.1) is 26.1 Å². The molecule has 1 fully saturated rings. The van der Waals surface area contributed by atoms with Gasteiger partial charge in [0.1, 0.15) is 10.8 Å². The molecule has 3 heterocycles. The van der Waals surface area contributed by atoms with Crippen molar-refractivity contribution in [1.29, 1.82) is 0 Å². The van der Waals surface area contributed by atoms with Crippen LogP contribution in [0.1, 0.15) is 19.4 Å². The van der Waals surface area contributed by atoms with Gasteiger partial charge in [-0.1, -0.05) is 12.1 Å². The van der Waals surface area contributed by atoms with Gasteiger partial charge in [-0.15, -0.1) is 11.3 Å². The number of halogens is 1. The van der Waals surface area contributed by atoms with Gasteiger partial charge in [0.25, 0.3) is 0 Å². The van der Waals surface area contributed by atoms with E-state index in [0.29, 0.717) is 6.54 Å². The lowest BCUT2D eigenvalue weighted by Gasteiger charge is -2.38. The topological polar surface area (TPSA) is 68.2 Å². The van der Waals surface area contributed by atoms with Crippen molar-refractivity contribution in [3.63, 3.8) is 0 Å². The van der Waals surface area contributed by atoms with Gasteiger partial charge in [0.2, 0.25) is 0 Å². The van der Waals surface area contributed by atoms with Crippen molar-refractivity contribution in [3.05, 3.63) is 39.7 Å². The molecule has 1 saturated heterocycles. The van der Waals surface area contributed by atoms with Gasteiger partial charge >= 0.3 is 5.97 Å². The van der Waals surface area contributed by atoms with Crippen molar-refractivity contribution in [1.82, 2.24) is 9.80 Å². The molecule has 6 nitrogen and oxygen atoms in total. The Morgan fingerprint density at radius 2 is 2.00 bits per heavy atom. The summed E-state index contributed by atoms with van der Waals surface area (Å²) in [5.41, 5.74) is 2.31. The molecule has 2 aliphatic rings. The minimum Gasteiger partial charge on any atom is -0.481 e. The fourth-order valence-electron chi connectivity index (χ4n) is 3.58. The Labute approximate surface area is 177 Å². The van der Waals surface area contributed by atoms with Gasteiger partial charge in [0, 0.05) is 32.7 Å². The van der Waals surface area contributed by atoms with E-state index in [4.69, 9.17) is 4.99 Å². The summed E-state index contributed by atoms with van der Waals surface area (Å²) in [5.74, 6) is 0.227. The molecule has 2 aromatic rings. The zero-order valence-corrected chi connectivity index (χ0v) is 18.3. The van der Waals surface area contributed by atoms with E-state index in [1.54, 1.807) is 25.2 Å². The zero-order chi connectivity index (χ0) is 19.9. The molecule has 2 N–H and O–H groups in total. The number of carboxylic acid groups (broad SMARTS) is 1. The summed E-state index contributed by atoms with van der Waals surface area (Å²) in [6.07, 6.45) is 0. The predicted octanol–water partition coefficient (Wildman–Crippen LogP) is 4.37. The molecule has 28 heavy (non-hydrogen) atoms. The molecule has 0 radical (unpaired) electrons. The molecular formula is C20H23BrN4O2S. The van der Waals surface area contributed by atoms with Crippen LogP contribution in [0.5, 0.6) is 0 Å². The summed E-state index contributed by atoms with van der Waals surface area (Å²) in [6, 6.07) is 10.2. The second-order valence-corrected chi connectivity index (χ2v) is 10.3. The molecule has 0 atom stereocenters. The SMILES string of the molecule is CC(C)(CN1CCN(C2=Nc3ccccc3Nc3sc(Br)cc32)CC1)C(=O)O. The van der Waals surface area contributed by atoms with Crippen molar-refractivity contribution in [2.75, 3.05) is 38.0 Å². The van der Waals surface area contributed by atoms with Gasteiger partial charge in [0.15, 0.2) is 0 Å². The molecule has 0 bridgehead atoms. The maximum Gasteiger partial charge on any atom is 0.310 e. The zero-order valence-electron chi connectivity index (χ0n) is 15.9. The molecule has 0 amide bonds. The number of carbonyl (C=O) groups is 1. The van der Waals surface area contributed by atoms with Crippen LogP contribution >= 0.6 is 27.3 Å². The third-order valence-corrected chi connectivity index (χ3v) is 6.74. The summed E-state index contributed by atoms with van der Waals surface area (Å²) in [4.78, 5) is 21.0. The number of nitrogens with zero attached hydrogens (tertiary/aromatic N) is 3. The number of aliphatic carboxylic acids is 1. The van der Waals surface area contributed by atoms with Gasteiger partial charge in [-0.25, -0.2) is 4.99 Å². The molecule has 0 unspecified atom stereocenters. The van der Waals surface area contributed by atoms with Crippen LogP contribution in [0.3, 0.4) is 0 Å². The summed E-state index contributed by atoms with van der Waals surface area (Å²) in [6.45, 7) is 7.43. The maximum absolute atomic E-state index is 11.4. The third kappa shape index (κ3) is 3.81. The first-order valence-electron chi connectivity index (χ1n) is 9.29. The number of aliphatic imine (C=N–C) groups is 1. The summed E-state index contributed by atoms with van der Waals surface area (Å²) < 4.78 is 1.07. The van der Waals surface area contributed by atoms with E-state index in [1.165, 1.54) is 0 Å². The quantitative estimate of drug-likeness (QED) is 0.708. The average Bonchev–Trinajstić information content (AvgIpc) is 2.94. The number of carboxylic acids is 1. The van der Waals surface area contributed by atoms with Gasteiger partial charge in [-0.2, -0.15) is 0 Å². The number of thiophene rings is 1. The molecule has 1 aromatic carbocycles. The van der Waals surface area contributed by atoms with Crippen LogP contribution in [0.2, 0.25) is 0 Å². The van der Waals surface area contributed by atoms with Crippen molar-refractivity contribution < 1.29 is 9.90 Å². The highest BCUT2D eigenvalue weighted by Gasteiger charge is 2.32. The van der Waals surface area contributed by atoms with E-state index >= 15 is 0 Å². The van der Waals surface area contributed by atoms with Crippen LogP contribution in [-0.2, 0) is 4.79 Å². The molecular weight excluding hydrogens is 440 g/mol. The number of benzene rings is 1. The van der Waals surface area contributed by atoms with E-state index in [-0.39, 0.29) is 0 Å². The molecule has 2 aliphatic heterocycles. The van der Waals surface area contributed by atoms with Crippen LogP contribution in [0.15, 0.2) is 39.1 Å². The van der Waals surface area contributed by atoms with Crippen molar-refractivity contribution in [2.45, 2.75) is 13.8 Å². The summed E-state index contributed by atoms with van der Waals surface area (Å²) in [5, 5.41) is 14.0. The highest BCUT2D eigenvalue weighted by Crippen LogP contribution is 2.41. The molecule has 0 aliphatic carbocycles. The average molecular weight is 463 g/mol. The highest BCUT2D eigenvalue weighted by molar-refractivity contribution is 9.11. The molecule has 1 aromatic heterocycles. The van der Waals surface area contributed by atoms with Crippen LogP contribution in [0.25, 0.3) is 0 Å². The first-order valence-corrected chi connectivity index (χ1v) is 10.9. The number of anilines is 2. The predicted molar refractivity (Wildman–Crippen MR) is 117 cm³/mol. The number of hydrogen-bond donors (Lipinski definition) is 2. The van der Waals surface area contributed by atoms with Crippen molar-refractivity contribution in [2.24, 2.45) is 10.4 Å². The first kappa shape index (κ1) is 19.4. The highest BCUT2D eigenvalue weighted by atomic mass is 79.9. The fourth-order valence-corrected chi connectivity index (χ4v) is 5.09. The Kier molecular flexibility index (Phi) is 5.20. The van der Waals surface area contributed by atoms with Crippen LogP contribution in [-0.4, -0.2) is 59.4 Å². The molecule has 8 heteroatoms. The first-order chi connectivity index (χ1) is 13.3. The second-order valence-electron chi connectivity index (χ2n) is 7.82. The largest absolute Gasteiger partial charge is 0.481 e. The Balaban J connectivity index is 1.57. The normalized spacial score (nSPS) is 17.2. The Bertz CT molecular complexity index is 932. The van der Waals surface area contributed by atoms with Crippen LogP contribution in [0, 0.1) is 5.41 Å². The van der Waals surface area contributed by atoms with Crippen molar-refractivity contribution >= 4 is 55.4 Å². The van der Waals surface area contributed by atoms with E-state index in [9.17, 15) is 9.90 Å². The monoisotopic (exact) mass is 462 g/mol. The van der Waals surface area contributed by atoms with Crippen molar-refractivity contribution in [3.8, 4) is 0 Å². The van der Waals surface area contributed by atoms with Crippen LogP contribution in [0.4, 0.5) is 16.4 Å².